The van der Waals surface area contributed by atoms with Crippen LogP contribution >= 0.6 is 23.2 Å². The Morgan fingerprint density at radius 3 is 2.17 bits per heavy atom. The number of rotatable bonds is 8. The average Bonchev–Trinajstić information content (AvgIpc) is 2.39. The lowest BCUT2D eigenvalue weighted by Crippen LogP contribution is -2.26. The summed E-state index contributed by atoms with van der Waals surface area (Å²) in [6.45, 7) is 6.65. The predicted molar refractivity (Wildman–Crippen MR) is 83.0 cm³/mol. The van der Waals surface area contributed by atoms with E-state index in [-0.39, 0.29) is 0 Å². The number of hydrogen-bond donors (Lipinski definition) is 0. The van der Waals surface area contributed by atoms with Crippen LogP contribution < -0.4 is 4.90 Å². The van der Waals surface area contributed by atoms with Crippen LogP contribution in [-0.2, 0) is 5.88 Å². The average molecular weight is 288 g/mol. The van der Waals surface area contributed by atoms with E-state index >= 15 is 0 Å². The van der Waals surface area contributed by atoms with Crippen LogP contribution in [-0.4, -0.2) is 13.1 Å². The maximum Gasteiger partial charge on any atom is 0.0495 e. The first kappa shape index (κ1) is 15.7. The van der Waals surface area contributed by atoms with Crippen molar-refractivity contribution in [2.45, 2.75) is 45.4 Å². The van der Waals surface area contributed by atoms with Crippen LogP contribution in [0.4, 0.5) is 5.69 Å². The third-order valence-corrected chi connectivity index (χ3v) is 3.61. The van der Waals surface area contributed by atoms with Gasteiger partial charge in [0, 0.05) is 29.7 Å². The van der Waals surface area contributed by atoms with Gasteiger partial charge in [0.15, 0.2) is 0 Å². The first-order valence-electron chi connectivity index (χ1n) is 6.82. The molecule has 0 N–H and O–H groups in total. The van der Waals surface area contributed by atoms with E-state index in [1.807, 2.05) is 12.1 Å². The van der Waals surface area contributed by atoms with Crippen molar-refractivity contribution < 1.29 is 0 Å². The van der Waals surface area contributed by atoms with E-state index < -0.39 is 0 Å². The van der Waals surface area contributed by atoms with Crippen molar-refractivity contribution in [3.8, 4) is 0 Å². The molecule has 0 bridgehead atoms. The second-order valence-corrected chi connectivity index (χ2v) is 5.30. The molecule has 0 spiro atoms. The summed E-state index contributed by atoms with van der Waals surface area (Å²) in [7, 11) is 0. The molecular formula is C15H23Cl2N. The van der Waals surface area contributed by atoms with Crippen molar-refractivity contribution in [1.29, 1.82) is 0 Å². The Balaban J connectivity index is 2.88. The third-order valence-electron chi connectivity index (χ3n) is 3.09. The Labute approximate surface area is 121 Å². The Morgan fingerprint density at radius 1 is 1.06 bits per heavy atom. The Morgan fingerprint density at radius 2 is 1.67 bits per heavy atom. The standard InChI is InChI=1S/C15H23Cl2N/c1-3-5-9-18(10-6-4-2)15-8-7-14(17)11-13(15)12-16/h7-8,11H,3-6,9-10,12H2,1-2H3. The lowest BCUT2D eigenvalue weighted by molar-refractivity contribution is 0.676. The van der Waals surface area contributed by atoms with Crippen molar-refractivity contribution in [2.24, 2.45) is 0 Å². The molecule has 0 atom stereocenters. The molecule has 0 saturated carbocycles. The summed E-state index contributed by atoms with van der Waals surface area (Å²) in [6.07, 6.45) is 4.86. The minimum absolute atomic E-state index is 0.518. The minimum Gasteiger partial charge on any atom is -0.371 e. The molecule has 0 radical (unpaired) electrons. The summed E-state index contributed by atoms with van der Waals surface area (Å²) >= 11 is 12.1. The molecule has 1 aromatic rings. The number of alkyl halides is 1. The highest BCUT2D eigenvalue weighted by Gasteiger charge is 2.10. The molecule has 18 heavy (non-hydrogen) atoms. The van der Waals surface area contributed by atoms with Crippen LogP contribution in [0, 0.1) is 0 Å². The fraction of sp³-hybridized carbons (Fsp3) is 0.600. The minimum atomic E-state index is 0.518. The van der Waals surface area contributed by atoms with Gasteiger partial charge in [-0.25, -0.2) is 0 Å². The molecule has 0 aliphatic heterocycles. The molecule has 0 aliphatic rings. The lowest BCUT2D eigenvalue weighted by Gasteiger charge is -2.27. The van der Waals surface area contributed by atoms with Gasteiger partial charge >= 0.3 is 0 Å². The molecule has 1 rings (SSSR count). The van der Waals surface area contributed by atoms with Crippen LogP contribution in [0.25, 0.3) is 0 Å². The van der Waals surface area contributed by atoms with Gasteiger partial charge in [-0.3, -0.25) is 0 Å². The van der Waals surface area contributed by atoms with Gasteiger partial charge in [0.05, 0.1) is 0 Å². The fourth-order valence-electron chi connectivity index (χ4n) is 2.02. The maximum atomic E-state index is 6.03. The van der Waals surface area contributed by atoms with Crippen molar-refractivity contribution in [3.05, 3.63) is 28.8 Å². The highest BCUT2D eigenvalue weighted by atomic mass is 35.5. The van der Waals surface area contributed by atoms with Crippen LogP contribution in [0.15, 0.2) is 18.2 Å². The van der Waals surface area contributed by atoms with Gasteiger partial charge in [0.25, 0.3) is 0 Å². The number of nitrogens with zero attached hydrogens (tertiary/aromatic N) is 1. The first-order chi connectivity index (χ1) is 8.72. The second kappa shape index (κ2) is 8.66. The second-order valence-electron chi connectivity index (χ2n) is 4.60. The molecule has 1 aromatic carbocycles. The normalized spacial score (nSPS) is 10.7. The molecule has 0 aliphatic carbocycles. The van der Waals surface area contributed by atoms with E-state index in [2.05, 4.69) is 24.8 Å². The summed E-state index contributed by atoms with van der Waals surface area (Å²) in [5.74, 6) is 0.518. The van der Waals surface area contributed by atoms with Crippen LogP contribution in [0.1, 0.15) is 45.1 Å². The van der Waals surface area contributed by atoms with E-state index in [0.717, 1.165) is 23.7 Å². The third kappa shape index (κ3) is 4.70. The zero-order valence-corrected chi connectivity index (χ0v) is 12.9. The number of halogens is 2. The quantitative estimate of drug-likeness (QED) is 0.572. The van der Waals surface area contributed by atoms with E-state index in [0.29, 0.717) is 5.88 Å². The zero-order chi connectivity index (χ0) is 13.4. The molecule has 0 aromatic heterocycles. The highest BCUT2D eigenvalue weighted by molar-refractivity contribution is 6.30. The van der Waals surface area contributed by atoms with E-state index in [9.17, 15) is 0 Å². The predicted octanol–water partition coefficient (Wildman–Crippen LogP) is 5.49. The Hall–Kier alpha value is -0.400. The van der Waals surface area contributed by atoms with Crippen LogP contribution in [0.5, 0.6) is 0 Å². The van der Waals surface area contributed by atoms with E-state index in [1.165, 1.54) is 31.4 Å². The van der Waals surface area contributed by atoms with Gasteiger partial charge in [-0.05, 0) is 36.6 Å². The van der Waals surface area contributed by atoms with Crippen molar-refractivity contribution in [1.82, 2.24) is 0 Å². The Kier molecular flexibility index (Phi) is 7.53. The fourth-order valence-corrected chi connectivity index (χ4v) is 2.43. The van der Waals surface area contributed by atoms with E-state index in [1.54, 1.807) is 0 Å². The number of unbranched alkanes of at least 4 members (excludes halogenated alkanes) is 2. The van der Waals surface area contributed by atoms with Crippen molar-refractivity contribution in [2.75, 3.05) is 18.0 Å². The maximum absolute atomic E-state index is 6.03. The van der Waals surface area contributed by atoms with Crippen LogP contribution in [0.3, 0.4) is 0 Å². The molecule has 0 fully saturated rings. The molecule has 102 valence electrons. The smallest absolute Gasteiger partial charge is 0.0495 e. The molecule has 0 saturated heterocycles. The first-order valence-corrected chi connectivity index (χ1v) is 7.73. The van der Waals surface area contributed by atoms with Crippen molar-refractivity contribution in [3.63, 3.8) is 0 Å². The van der Waals surface area contributed by atoms with Gasteiger partial charge in [-0.15, -0.1) is 11.6 Å². The largest absolute Gasteiger partial charge is 0.371 e. The number of anilines is 1. The molecular weight excluding hydrogens is 265 g/mol. The lowest BCUT2D eigenvalue weighted by atomic mass is 10.1. The highest BCUT2D eigenvalue weighted by Crippen LogP contribution is 2.26. The molecule has 3 heteroatoms. The van der Waals surface area contributed by atoms with Crippen molar-refractivity contribution >= 4 is 28.9 Å². The SMILES string of the molecule is CCCCN(CCCC)c1ccc(Cl)cc1CCl. The van der Waals surface area contributed by atoms with Crippen LogP contribution in [0.2, 0.25) is 5.02 Å². The zero-order valence-electron chi connectivity index (χ0n) is 11.4. The monoisotopic (exact) mass is 287 g/mol. The molecule has 0 unspecified atom stereocenters. The summed E-state index contributed by atoms with van der Waals surface area (Å²) in [5.41, 5.74) is 2.38. The van der Waals surface area contributed by atoms with Gasteiger partial charge < -0.3 is 4.90 Å². The summed E-state index contributed by atoms with van der Waals surface area (Å²) < 4.78 is 0. The topological polar surface area (TPSA) is 3.24 Å². The summed E-state index contributed by atoms with van der Waals surface area (Å²) in [4.78, 5) is 2.45. The summed E-state index contributed by atoms with van der Waals surface area (Å²) in [6, 6.07) is 6.04. The van der Waals surface area contributed by atoms with E-state index in [4.69, 9.17) is 23.2 Å². The van der Waals surface area contributed by atoms with Gasteiger partial charge in [-0.2, -0.15) is 0 Å². The Bertz CT molecular complexity index is 344. The summed E-state index contributed by atoms with van der Waals surface area (Å²) in [5, 5.41) is 0.764. The van der Waals surface area contributed by atoms with Gasteiger partial charge in [0.1, 0.15) is 0 Å². The van der Waals surface area contributed by atoms with Gasteiger partial charge in [-0.1, -0.05) is 38.3 Å². The number of benzene rings is 1. The molecule has 0 amide bonds. The molecule has 1 nitrogen and oxygen atoms in total. The molecule has 0 heterocycles. The van der Waals surface area contributed by atoms with Gasteiger partial charge in [0.2, 0.25) is 0 Å². The number of hydrogen-bond acceptors (Lipinski definition) is 1.